The number of likely N-dealkylation sites (N-methyl/N-ethyl adjacent to an activating group) is 1. The number of amides is 1. The molecule has 3 aliphatic rings. The van der Waals surface area contributed by atoms with Crippen molar-refractivity contribution in [2.24, 2.45) is 5.41 Å². The van der Waals surface area contributed by atoms with Crippen molar-refractivity contribution in [3.05, 3.63) is 65.8 Å². The molecule has 0 spiro atoms. The van der Waals surface area contributed by atoms with Gasteiger partial charge in [0.15, 0.2) is 0 Å². The maximum atomic E-state index is 15.7. The van der Waals surface area contributed by atoms with E-state index in [0.29, 0.717) is 50.1 Å². The lowest BCUT2D eigenvalue weighted by Crippen LogP contribution is -2.38. The second-order valence-corrected chi connectivity index (χ2v) is 12.4. The molecule has 1 atom stereocenters. The fourth-order valence-corrected chi connectivity index (χ4v) is 6.45. The predicted octanol–water partition coefficient (Wildman–Crippen LogP) is 5.75. The van der Waals surface area contributed by atoms with E-state index in [1.54, 1.807) is 13.1 Å². The number of rotatable bonds is 3. The van der Waals surface area contributed by atoms with Crippen LogP contribution in [0.25, 0.3) is 27.6 Å². The van der Waals surface area contributed by atoms with E-state index in [9.17, 15) is 4.79 Å². The highest BCUT2D eigenvalue weighted by atomic mass is 19.1. The summed E-state index contributed by atoms with van der Waals surface area (Å²) in [6, 6.07) is 5.67. The third-order valence-electron chi connectivity index (χ3n) is 8.58. The molecule has 0 saturated carbocycles. The summed E-state index contributed by atoms with van der Waals surface area (Å²) in [6.45, 7) is 11.4. The number of nitrogens with zero attached hydrogens (tertiary/aromatic N) is 5. The smallest absolute Gasteiger partial charge is 0.219 e. The normalized spacial score (nSPS) is 20.1. The molecule has 0 bridgehead atoms. The number of hydrogen-bond donors (Lipinski definition) is 0. The number of carbonyl (C=O) groups is 1. The van der Waals surface area contributed by atoms with Gasteiger partial charge in [-0.3, -0.25) is 9.78 Å². The highest BCUT2D eigenvalue weighted by Gasteiger charge is 2.32. The first-order chi connectivity index (χ1) is 19.1. The Labute approximate surface area is 235 Å². The van der Waals surface area contributed by atoms with Gasteiger partial charge in [-0.1, -0.05) is 39.0 Å². The number of benzene rings is 1. The number of halogens is 1. The predicted molar refractivity (Wildman–Crippen MR) is 155 cm³/mol. The summed E-state index contributed by atoms with van der Waals surface area (Å²) < 4.78 is 23.6. The van der Waals surface area contributed by atoms with Crippen LogP contribution < -0.4 is 0 Å². The zero-order valence-corrected chi connectivity index (χ0v) is 24.1. The Balaban J connectivity index is 1.44. The van der Waals surface area contributed by atoms with Gasteiger partial charge < -0.3 is 19.1 Å². The zero-order valence-electron chi connectivity index (χ0n) is 24.1. The number of allylic oxidation sites excluding steroid dienone is 2. The van der Waals surface area contributed by atoms with Crippen molar-refractivity contribution in [3.63, 3.8) is 0 Å². The lowest BCUT2D eigenvalue weighted by atomic mass is 9.84. The van der Waals surface area contributed by atoms with E-state index in [-0.39, 0.29) is 23.1 Å². The van der Waals surface area contributed by atoms with E-state index in [4.69, 9.17) is 14.7 Å². The molecular formula is C32H38FN5O2. The van der Waals surface area contributed by atoms with Crippen molar-refractivity contribution >= 4 is 22.3 Å². The molecule has 0 aliphatic carbocycles. The van der Waals surface area contributed by atoms with Gasteiger partial charge in [-0.05, 0) is 35.8 Å². The lowest BCUT2D eigenvalue weighted by Gasteiger charge is -2.37. The molecule has 7 nitrogen and oxygen atoms in total. The number of imidazole rings is 1. The Morgan fingerprint density at radius 3 is 2.62 bits per heavy atom. The van der Waals surface area contributed by atoms with Gasteiger partial charge in [0.2, 0.25) is 5.91 Å². The van der Waals surface area contributed by atoms with Crippen LogP contribution in [0.15, 0.2) is 42.7 Å². The van der Waals surface area contributed by atoms with Crippen LogP contribution in [-0.2, 0) is 22.6 Å². The lowest BCUT2D eigenvalue weighted by molar-refractivity contribution is -0.130. The van der Waals surface area contributed by atoms with E-state index >= 15 is 4.39 Å². The first-order valence-electron chi connectivity index (χ1n) is 14.3. The van der Waals surface area contributed by atoms with Gasteiger partial charge in [0.25, 0.3) is 0 Å². The summed E-state index contributed by atoms with van der Waals surface area (Å²) in [7, 11) is 2.09. The van der Waals surface area contributed by atoms with Crippen molar-refractivity contribution in [1.82, 2.24) is 24.3 Å². The summed E-state index contributed by atoms with van der Waals surface area (Å²) in [5.74, 6) is 0.924. The molecule has 1 aromatic carbocycles. The zero-order chi connectivity index (χ0) is 28.2. The highest BCUT2D eigenvalue weighted by molar-refractivity contribution is 5.97. The second-order valence-electron chi connectivity index (χ2n) is 12.4. The largest absolute Gasteiger partial charge is 0.381 e. The van der Waals surface area contributed by atoms with Crippen molar-refractivity contribution in [1.29, 1.82) is 0 Å². The van der Waals surface area contributed by atoms with Crippen LogP contribution in [0.1, 0.15) is 63.7 Å². The average Bonchev–Trinajstić information content (AvgIpc) is 3.31. The molecule has 3 aliphatic heterocycles. The van der Waals surface area contributed by atoms with E-state index in [1.807, 2.05) is 17.0 Å². The minimum atomic E-state index is -0.328. The van der Waals surface area contributed by atoms with Crippen LogP contribution >= 0.6 is 0 Å². The topological polar surface area (TPSA) is 63.5 Å². The molecule has 40 heavy (non-hydrogen) atoms. The molecule has 1 unspecified atom stereocenters. The fraction of sp³-hybridized carbons (Fsp3) is 0.469. The molecule has 2 aromatic heterocycles. The first-order valence-corrected chi connectivity index (χ1v) is 14.3. The minimum absolute atomic E-state index is 0.0168. The maximum Gasteiger partial charge on any atom is 0.219 e. The fourth-order valence-electron chi connectivity index (χ4n) is 6.45. The van der Waals surface area contributed by atoms with Crippen molar-refractivity contribution in [2.75, 3.05) is 26.8 Å². The Bertz CT molecular complexity index is 1530. The molecule has 6 rings (SSSR count). The van der Waals surface area contributed by atoms with Crippen LogP contribution in [0.4, 0.5) is 4.39 Å². The Kier molecular flexibility index (Phi) is 6.77. The van der Waals surface area contributed by atoms with Crippen LogP contribution in [-0.4, -0.2) is 63.1 Å². The number of fused-ring (bicyclic) bond motifs is 2. The first kappa shape index (κ1) is 26.7. The van der Waals surface area contributed by atoms with Gasteiger partial charge in [-0.2, -0.15) is 0 Å². The number of pyridine rings is 1. The second kappa shape index (κ2) is 10.1. The molecule has 5 heterocycles. The van der Waals surface area contributed by atoms with Gasteiger partial charge >= 0.3 is 0 Å². The van der Waals surface area contributed by atoms with E-state index in [2.05, 4.69) is 55.6 Å². The Morgan fingerprint density at radius 2 is 1.93 bits per heavy atom. The standard InChI is InChI=1S/C32H38FN5O2/c1-20(39)37-12-13-38-27(19-37)30(35-31(38)21-10-14-40-15-11-21)29-24-17-34-26(16-22(24)6-8-25(29)33)23-7-9-28(32(2,3)4)36(5)18-23/h6-9,16-18,21,28H,10-15,19H2,1-5H3. The summed E-state index contributed by atoms with van der Waals surface area (Å²) in [6.07, 6.45) is 10.1. The summed E-state index contributed by atoms with van der Waals surface area (Å²) in [4.78, 5) is 26.3. The maximum absolute atomic E-state index is 15.7. The van der Waals surface area contributed by atoms with E-state index < -0.39 is 0 Å². The summed E-state index contributed by atoms with van der Waals surface area (Å²) >= 11 is 0. The van der Waals surface area contributed by atoms with Gasteiger partial charge in [0.05, 0.1) is 29.7 Å². The molecule has 1 fully saturated rings. The van der Waals surface area contributed by atoms with Gasteiger partial charge in [-0.25, -0.2) is 9.37 Å². The summed E-state index contributed by atoms with van der Waals surface area (Å²) in [5.41, 5.74) is 3.96. The number of hydrogen-bond acceptors (Lipinski definition) is 5. The third kappa shape index (κ3) is 4.72. The van der Waals surface area contributed by atoms with Crippen LogP contribution in [0.2, 0.25) is 0 Å². The van der Waals surface area contributed by atoms with Gasteiger partial charge in [-0.15, -0.1) is 0 Å². The Morgan fingerprint density at radius 1 is 1.15 bits per heavy atom. The van der Waals surface area contributed by atoms with Crippen LogP contribution in [0.5, 0.6) is 0 Å². The van der Waals surface area contributed by atoms with Gasteiger partial charge in [0.1, 0.15) is 11.6 Å². The number of carbonyl (C=O) groups excluding carboxylic acids is 1. The molecule has 3 aromatic rings. The third-order valence-corrected chi connectivity index (χ3v) is 8.58. The van der Waals surface area contributed by atoms with Crippen molar-refractivity contribution < 1.29 is 13.9 Å². The molecule has 0 N–H and O–H groups in total. The van der Waals surface area contributed by atoms with Gasteiger partial charge in [0, 0.05) is 75.1 Å². The van der Waals surface area contributed by atoms with E-state index in [0.717, 1.165) is 46.4 Å². The number of aromatic nitrogens is 3. The molecule has 1 saturated heterocycles. The monoisotopic (exact) mass is 543 g/mol. The molecule has 1 amide bonds. The van der Waals surface area contributed by atoms with E-state index in [1.165, 1.54) is 6.07 Å². The SMILES string of the molecule is CC(=O)N1CCn2c(C3CCOCC3)nc(-c3c(F)ccc4cc(C5=CN(C)C(C(C)(C)C)C=C5)ncc34)c2C1. The molecule has 0 radical (unpaired) electrons. The molecular weight excluding hydrogens is 505 g/mol. The number of ether oxygens (including phenoxy) is 1. The average molecular weight is 544 g/mol. The molecule has 210 valence electrons. The quantitative estimate of drug-likeness (QED) is 0.421. The summed E-state index contributed by atoms with van der Waals surface area (Å²) in [5, 5.41) is 1.63. The van der Waals surface area contributed by atoms with Crippen molar-refractivity contribution in [2.45, 2.75) is 65.6 Å². The van der Waals surface area contributed by atoms with Crippen LogP contribution in [0, 0.1) is 11.2 Å². The molecule has 8 heteroatoms. The minimum Gasteiger partial charge on any atom is -0.381 e. The highest BCUT2D eigenvalue weighted by Crippen LogP contribution is 2.39. The van der Waals surface area contributed by atoms with Crippen LogP contribution in [0.3, 0.4) is 0 Å². The van der Waals surface area contributed by atoms with Crippen molar-refractivity contribution in [3.8, 4) is 11.3 Å². The Hall–Kier alpha value is -3.52.